The van der Waals surface area contributed by atoms with Gasteiger partial charge in [0.05, 0.1) is 18.4 Å². The third-order valence-corrected chi connectivity index (χ3v) is 3.99. The van der Waals surface area contributed by atoms with E-state index in [1.54, 1.807) is 6.20 Å². The molecule has 2 N–H and O–H groups in total. The van der Waals surface area contributed by atoms with Gasteiger partial charge in [0.25, 0.3) is 5.91 Å². The summed E-state index contributed by atoms with van der Waals surface area (Å²) in [4.78, 5) is 15.8. The van der Waals surface area contributed by atoms with Gasteiger partial charge in [-0.1, -0.05) is 26.8 Å². The quantitative estimate of drug-likeness (QED) is 0.901. The SMILES string of the molecule is C[C@H](NCc1ncc(C(C)(C)C)o1)c1ccc2c(c1)NC(=O)CO2. The number of carbonyl (C=O) groups is 1. The number of hydrogen-bond acceptors (Lipinski definition) is 5. The van der Waals surface area contributed by atoms with Crippen molar-refractivity contribution >= 4 is 11.6 Å². The molecule has 6 heteroatoms. The molecule has 1 aromatic heterocycles. The number of amides is 1. The van der Waals surface area contributed by atoms with Gasteiger partial charge >= 0.3 is 0 Å². The molecule has 6 nitrogen and oxygen atoms in total. The summed E-state index contributed by atoms with van der Waals surface area (Å²) in [5.74, 6) is 2.12. The monoisotopic (exact) mass is 329 g/mol. The van der Waals surface area contributed by atoms with Crippen LogP contribution in [0.5, 0.6) is 5.75 Å². The molecule has 0 aliphatic carbocycles. The summed E-state index contributed by atoms with van der Waals surface area (Å²) in [6.45, 7) is 8.95. The molecule has 1 atom stereocenters. The van der Waals surface area contributed by atoms with E-state index in [-0.39, 0.29) is 24.0 Å². The summed E-state index contributed by atoms with van der Waals surface area (Å²) in [5, 5.41) is 6.21. The maximum absolute atomic E-state index is 11.4. The highest BCUT2D eigenvalue weighted by molar-refractivity contribution is 5.95. The van der Waals surface area contributed by atoms with Gasteiger partial charge in [0.15, 0.2) is 6.61 Å². The molecular weight excluding hydrogens is 306 g/mol. The third-order valence-electron chi connectivity index (χ3n) is 3.99. The van der Waals surface area contributed by atoms with E-state index in [0.717, 1.165) is 11.3 Å². The van der Waals surface area contributed by atoms with Crippen molar-refractivity contribution in [1.29, 1.82) is 0 Å². The standard InChI is InChI=1S/C18H23N3O3/c1-11(19-9-17-20-8-15(24-17)18(2,3)4)12-5-6-14-13(7-12)21-16(22)10-23-14/h5-8,11,19H,9-10H2,1-4H3,(H,21,22)/t11-/m0/s1. The lowest BCUT2D eigenvalue weighted by atomic mass is 9.94. The van der Waals surface area contributed by atoms with Gasteiger partial charge < -0.3 is 19.8 Å². The van der Waals surface area contributed by atoms with Crippen LogP contribution < -0.4 is 15.4 Å². The van der Waals surface area contributed by atoms with E-state index in [0.29, 0.717) is 23.9 Å². The smallest absolute Gasteiger partial charge is 0.262 e. The Hall–Kier alpha value is -2.34. The van der Waals surface area contributed by atoms with Gasteiger partial charge in [-0.15, -0.1) is 0 Å². The van der Waals surface area contributed by atoms with E-state index < -0.39 is 0 Å². The number of hydrogen-bond donors (Lipinski definition) is 2. The summed E-state index contributed by atoms with van der Waals surface area (Å²) < 4.78 is 11.2. The van der Waals surface area contributed by atoms with Crippen LogP contribution in [0.15, 0.2) is 28.8 Å². The van der Waals surface area contributed by atoms with Crippen LogP contribution in [-0.4, -0.2) is 17.5 Å². The zero-order valence-corrected chi connectivity index (χ0v) is 14.5. The number of nitrogens with one attached hydrogen (secondary N) is 2. The van der Waals surface area contributed by atoms with Gasteiger partial charge in [0.1, 0.15) is 11.5 Å². The zero-order valence-electron chi connectivity index (χ0n) is 14.5. The van der Waals surface area contributed by atoms with Gasteiger partial charge in [-0.05, 0) is 24.6 Å². The van der Waals surface area contributed by atoms with Crippen LogP contribution >= 0.6 is 0 Å². The number of aromatic nitrogens is 1. The van der Waals surface area contributed by atoms with Crippen molar-refractivity contribution in [3.8, 4) is 5.75 Å². The maximum atomic E-state index is 11.4. The van der Waals surface area contributed by atoms with Crippen molar-refractivity contribution in [3.63, 3.8) is 0 Å². The predicted octanol–water partition coefficient (Wildman–Crippen LogP) is 3.15. The summed E-state index contributed by atoms with van der Waals surface area (Å²) in [6.07, 6.45) is 1.79. The lowest BCUT2D eigenvalue weighted by Gasteiger charge is -2.20. The summed E-state index contributed by atoms with van der Waals surface area (Å²) in [5.41, 5.74) is 1.72. The van der Waals surface area contributed by atoms with E-state index in [1.165, 1.54) is 0 Å². The van der Waals surface area contributed by atoms with Crippen LogP contribution in [-0.2, 0) is 16.8 Å². The highest BCUT2D eigenvalue weighted by Gasteiger charge is 2.20. The molecule has 128 valence electrons. The number of rotatable bonds is 4. The Morgan fingerprint density at radius 2 is 2.17 bits per heavy atom. The number of oxazole rings is 1. The van der Waals surface area contributed by atoms with E-state index in [1.807, 2.05) is 18.2 Å². The number of nitrogens with zero attached hydrogens (tertiary/aromatic N) is 1. The molecule has 0 radical (unpaired) electrons. The van der Waals surface area contributed by atoms with Crippen molar-refractivity contribution in [2.24, 2.45) is 0 Å². The second-order valence-corrected chi connectivity index (χ2v) is 7.06. The van der Waals surface area contributed by atoms with Crippen LogP contribution in [0, 0.1) is 0 Å². The Morgan fingerprint density at radius 1 is 1.38 bits per heavy atom. The topological polar surface area (TPSA) is 76.4 Å². The van der Waals surface area contributed by atoms with Gasteiger partial charge in [0, 0.05) is 11.5 Å². The molecule has 24 heavy (non-hydrogen) atoms. The molecule has 3 rings (SSSR count). The summed E-state index contributed by atoms with van der Waals surface area (Å²) >= 11 is 0. The molecular formula is C18H23N3O3. The summed E-state index contributed by atoms with van der Waals surface area (Å²) in [7, 11) is 0. The van der Waals surface area contributed by atoms with E-state index in [2.05, 4.69) is 43.3 Å². The molecule has 0 unspecified atom stereocenters. The third kappa shape index (κ3) is 3.59. The Kier molecular flexibility index (Phi) is 4.32. The minimum absolute atomic E-state index is 0.0480. The molecule has 1 aliphatic heterocycles. The highest BCUT2D eigenvalue weighted by Crippen LogP contribution is 2.30. The van der Waals surface area contributed by atoms with Crippen molar-refractivity contribution in [2.45, 2.75) is 45.7 Å². The first-order valence-corrected chi connectivity index (χ1v) is 8.08. The largest absolute Gasteiger partial charge is 0.482 e. The van der Waals surface area contributed by atoms with Crippen molar-refractivity contribution in [1.82, 2.24) is 10.3 Å². The molecule has 1 aromatic carbocycles. The second kappa shape index (κ2) is 6.28. The first kappa shape index (κ1) is 16.5. The van der Waals surface area contributed by atoms with Crippen LogP contribution in [0.1, 0.15) is 51.0 Å². The fourth-order valence-corrected chi connectivity index (χ4v) is 2.47. The van der Waals surface area contributed by atoms with Crippen LogP contribution in [0.4, 0.5) is 5.69 Å². The van der Waals surface area contributed by atoms with Crippen LogP contribution in [0.3, 0.4) is 0 Å². The molecule has 1 aliphatic rings. The predicted molar refractivity (Wildman–Crippen MR) is 91.0 cm³/mol. The molecule has 1 amide bonds. The minimum atomic E-state index is -0.130. The lowest BCUT2D eigenvalue weighted by molar-refractivity contribution is -0.118. The fraction of sp³-hybridized carbons (Fsp3) is 0.444. The van der Waals surface area contributed by atoms with Crippen molar-refractivity contribution < 1.29 is 13.9 Å². The van der Waals surface area contributed by atoms with Crippen molar-refractivity contribution in [3.05, 3.63) is 41.6 Å². The number of benzene rings is 1. The van der Waals surface area contributed by atoms with Crippen LogP contribution in [0.2, 0.25) is 0 Å². The Bertz CT molecular complexity index is 746. The Balaban J connectivity index is 1.65. The Morgan fingerprint density at radius 3 is 2.88 bits per heavy atom. The molecule has 0 bridgehead atoms. The normalized spacial score (nSPS) is 15.4. The molecule has 2 aromatic rings. The fourth-order valence-electron chi connectivity index (χ4n) is 2.47. The second-order valence-electron chi connectivity index (χ2n) is 7.06. The molecule has 0 saturated heterocycles. The highest BCUT2D eigenvalue weighted by atomic mass is 16.5. The number of carbonyl (C=O) groups excluding carboxylic acids is 1. The average Bonchev–Trinajstić information content (AvgIpc) is 3.01. The average molecular weight is 329 g/mol. The molecule has 2 heterocycles. The van der Waals surface area contributed by atoms with Gasteiger partial charge in [-0.25, -0.2) is 4.98 Å². The first-order valence-electron chi connectivity index (χ1n) is 8.08. The molecule has 0 spiro atoms. The molecule has 0 fully saturated rings. The number of anilines is 1. The van der Waals surface area contributed by atoms with Gasteiger partial charge in [0.2, 0.25) is 5.89 Å². The lowest BCUT2D eigenvalue weighted by Crippen LogP contribution is -2.26. The summed E-state index contributed by atoms with van der Waals surface area (Å²) in [6, 6.07) is 5.88. The van der Waals surface area contributed by atoms with Crippen molar-refractivity contribution in [2.75, 3.05) is 11.9 Å². The maximum Gasteiger partial charge on any atom is 0.262 e. The van der Waals surface area contributed by atoms with Crippen LogP contribution in [0.25, 0.3) is 0 Å². The first-order chi connectivity index (χ1) is 11.3. The van der Waals surface area contributed by atoms with E-state index in [4.69, 9.17) is 9.15 Å². The minimum Gasteiger partial charge on any atom is -0.482 e. The molecule has 0 saturated carbocycles. The number of ether oxygens (including phenoxy) is 1. The van der Waals surface area contributed by atoms with Gasteiger partial charge in [-0.2, -0.15) is 0 Å². The van der Waals surface area contributed by atoms with Gasteiger partial charge in [-0.3, -0.25) is 4.79 Å². The van der Waals surface area contributed by atoms with E-state index >= 15 is 0 Å². The zero-order chi connectivity index (χ0) is 17.3. The number of fused-ring (bicyclic) bond motifs is 1. The van der Waals surface area contributed by atoms with E-state index in [9.17, 15) is 4.79 Å². The Labute approximate surface area is 141 Å².